The molecule has 0 unspecified atom stereocenters. The van der Waals surface area contributed by atoms with Gasteiger partial charge in [-0.3, -0.25) is 0 Å². The van der Waals surface area contributed by atoms with E-state index in [1.165, 1.54) is 24.8 Å². The number of nitrogens with zero attached hydrogens (tertiary/aromatic N) is 2. The van der Waals surface area contributed by atoms with Crippen molar-refractivity contribution in [3.05, 3.63) is 167 Å². The zero-order valence-corrected chi connectivity index (χ0v) is 28.3. The van der Waals surface area contributed by atoms with E-state index in [0.717, 1.165) is 65.3 Å². The summed E-state index contributed by atoms with van der Waals surface area (Å²) in [5, 5.41) is 9.31. The van der Waals surface area contributed by atoms with Gasteiger partial charge in [0.25, 0.3) is 0 Å². The third-order valence-electron chi connectivity index (χ3n) is 7.92. The molecule has 0 aliphatic heterocycles. The van der Waals surface area contributed by atoms with Gasteiger partial charge < -0.3 is 10.4 Å². The summed E-state index contributed by atoms with van der Waals surface area (Å²) in [7, 11) is 0. The van der Waals surface area contributed by atoms with Crippen LogP contribution in [-0.2, 0) is 20.1 Å². The van der Waals surface area contributed by atoms with Gasteiger partial charge in [-0.05, 0) is 59.1 Å². The summed E-state index contributed by atoms with van der Waals surface area (Å²) >= 11 is 0. The number of rotatable bonds is 7. The van der Waals surface area contributed by atoms with Gasteiger partial charge in [0.05, 0.1) is 0 Å². The molecule has 232 valence electrons. The van der Waals surface area contributed by atoms with Crippen LogP contribution in [0, 0.1) is 25.8 Å². The Morgan fingerprint density at radius 2 is 1.70 bits per heavy atom. The van der Waals surface area contributed by atoms with Gasteiger partial charge in [-0.1, -0.05) is 117 Å². The molecule has 1 aliphatic rings. The van der Waals surface area contributed by atoms with Gasteiger partial charge >= 0.3 is 20.1 Å². The van der Waals surface area contributed by atoms with Crippen LogP contribution in [0.5, 0.6) is 0 Å². The fourth-order valence-corrected chi connectivity index (χ4v) is 5.47. The van der Waals surface area contributed by atoms with Crippen LogP contribution >= 0.6 is 0 Å². The molecule has 0 N–H and O–H groups in total. The molecule has 0 spiro atoms. The SMILES string of the molecule is [2H]C([2H])([2H])c1ccc(-c2[c-]cc(C([2H])([2H])[2H])c(-c3ccccc3)c2)nc1.[2H]C1(c2ccc(C(/C=C(\C)c3[c-]cccc3)=C/C=[N-])cc2)CCCCC1.[Ir+3]. The summed E-state index contributed by atoms with van der Waals surface area (Å²) in [4.78, 5) is 4.21. The Kier molecular flexibility index (Phi) is 9.88. The van der Waals surface area contributed by atoms with Crippen molar-refractivity contribution >= 4 is 17.4 Å². The molecule has 2 nitrogen and oxygen atoms in total. The molecule has 4 aromatic carbocycles. The number of aryl methyl sites for hydroxylation is 2. The van der Waals surface area contributed by atoms with Crippen molar-refractivity contribution in [1.29, 1.82) is 0 Å². The number of hydrogen-bond acceptors (Lipinski definition) is 1. The Morgan fingerprint density at radius 3 is 2.35 bits per heavy atom. The predicted octanol–water partition coefficient (Wildman–Crippen LogP) is 11.5. The second kappa shape index (κ2) is 17.5. The van der Waals surface area contributed by atoms with Gasteiger partial charge in [-0.25, -0.2) is 0 Å². The largest absolute Gasteiger partial charge is 3.00 e. The normalized spacial score (nSPS) is 17.1. The molecule has 5 aromatic rings. The molecule has 0 amide bonds. The third-order valence-corrected chi connectivity index (χ3v) is 7.92. The topological polar surface area (TPSA) is 35.2 Å². The van der Waals surface area contributed by atoms with E-state index in [4.69, 9.17) is 9.60 Å². The van der Waals surface area contributed by atoms with E-state index in [2.05, 4.69) is 47.5 Å². The molecule has 1 fully saturated rings. The molecule has 0 radical (unpaired) electrons. The molecule has 1 heterocycles. The molecule has 0 bridgehead atoms. The van der Waals surface area contributed by atoms with Crippen molar-refractivity contribution in [2.75, 3.05) is 0 Å². The van der Waals surface area contributed by atoms with Gasteiger partial charge in [0.1, 0.15) is 0 Å². The van der Waals surface area contributed by atoms with E-state index < -0.39 is 19.6 Å². The summed E-state index contributed by atoms with van der Waals surface area (Å²) in [5.74, 6) is -0.436. The van der Waals surface area contributed by atoms with Crippen LogP contribution in [0.1, 0.15) is 82.3 Å². The second-order valence-corrected chi connectivity index (χ2v) is 11.1. The predicted molar refractivity (Wildman–Crippen MR) is 192 cm³/mol. The molecule has 46 heavy (non-hydrogen) atoms. The van der Waals surface area contributed by atoms with Crippen LogP contribution in [-0.4, -0.2) is 11.2 Å². The minimum atomic E-state index is -2.27. The summed E-state index contributed by atoms with van der Waals surface area (Å²) < 4.78 is 54.3. The van der Waals surface area contributed by atoms with Crippen molar-refractivity contribution in [2.24, 2.45) is 0 Å². The fourth-order valence-electron chi connectivity index (χ4n) is 5.47. The fraction of sp³-hybridized carbons (Fsp3) is 0.209. The summed E-state index contributed by atoms with van der Waals surface area (Å²) in [6.45, 7) is -2.43. The van der Waals surface area contributed by atoms with Crippen LogP contribution in [0.4, 0.5) is 0 Å². The number of pyridine rings is 1. The van der Waals surface area contributed by atoms with E-state index in [1.807, 2.05) is 61.5 Å². The second-order valence-electron chi connectivity index (χ2n) is 11.1. The van der Waals surface area contributed by atoms with Gasteiger partial charge in [0.2, 0.25) is 0 Å². The van der Waals surface area contributed by atoms with Crippen LogP contribution in [0.2, 0.25) is 0 Å². The van der Waals surface area contributed by atoms with Gasteiger partial charge in [0, 0.05) is 15.8 Å². The standard InChI is InChI=1S/C24H25N.C19H16N.Ir/c1-19(20-8-4-2-5-9-20)18-24(16-17-25)23-14-12-22(13-15-23)21-10-6-3-7-11-21;1-14-8-11-19(20-13-14)17-10-9-15(2)18(12-17)16-6-4-3-5-7-16;/h2,4-5,8,12-18,21H,3,6-7,10-11H2,1H3;3-9,11-13H,1-2H3;/q-2;-1;+3/b19-18+,24-16+;;/i21D;1D3,2D3;. The first-order valence-corrected chi connectivity index (χ1v) is 15.3. The Morgan fingerprint density at radius 1 is 0.913 bits per heavy atom. The van der Waals surface area contributed by atoms with E-state index in [-0.39, 0.29) is 31.2 Å². The first-order chi connectivity index (χ1) is 24.8. The maximum atomic E-state index is 9.31. The molecule has 0 atom stereocenters. The molecular formula is C43H41IrN2. The first-order valence-electron chi connectivity index (χ1n) is 18.8. The van der Waals surface area contributed by atoms with Gasteiger partial charge in [-0.15, -0.1) is 70.8 Å². The van der Waals surface area contributed by atoms with Crippen LogP contribution < -0.4 is 0 Å². The molecule has 0 saturated heterocycles. The van der Waals surface area contributed by atoms with E-state index >= 15 is 0 Å². The summed E-state index contributed by atoms with van der Waals surface area (Å²) in [6.07, 6.45) is 11.6. The zero-order chi connectivity index (χ0) is 37.4. The average Bonchev–Trinajstić information content (AvgIpc) is 3.15. The zero-order valence-electron chi connectivity index (χ0n) is 32.9. The smallest absolute Gasteiger partial charge is 0.811 e. The van der Waals surface area contributed by atoms with Crippen molar-refractivity contribution in [3.63, 3.8) is 0 Å². The number of benzene rings is 4. The van der Waals surface area contributed by atoms with Gasteiger partial charge in [-0.2, -0.15) is 6.21 Å². The summed E-state index contributed by atoms with van der Waals surface area (Å²) in [5.41, 5.74) is 8.09. The Hall–Kier alpha value is -4.17. The third kappa shape index (κ3) is 9.42. The van der Waals surface area contributed by atoms with E-state index in [9.17, 15) is 5.41 Å². The Balaban J connectivity index is 0.000000232. The number of aromatic nitrogens is 1. The maximum absolute atomic E-state index is 9.31. The van der Waals surface area contributed by atoms with Crippen LogP contribution in [0.15, 0.2) is 121 Å². The quantitative estimate of drug-likeness (QED) is 0.0920. The number of allylic oxidation sites excluding steroid dienone is 4. The Bertz CT molecular complexity index is 2000. The molecule has 1 saturated carbocycles. The van der Waals surface area contributed by atoms with Crippen molar-refractivity contribution in [2.45, 2.75) is 58.6 Å². The first kappa shape index (κ1) is 26.0. The maximum Gasteiger partial charge on any atom is 3.00 e. The molecule has 3 heteroatoms. The summed E-state index contributed by atoms with van der Waals surface area (Å²) in [6, 6.07) is 37.9. The van der Waals surface area contributed by atoms with Gasteiger partial charge in [0.15, 0.2) is 0 Å². The molecule has 1 aromatic heterocycles. The van der Waals surface area contributed by atoms with Crippen molar-refractivity contribution < 1.29 is 29.7 Å². The molecular weight excluding hydrogens is 737 g/mol. The molecule has 1 aliphatic carbocycles. The van der Waals surface area contributed by atoms with Crippen LogP contribution in [0.3, 0.4) is 0 Å². The average molecular weight is 785 g/mol. The van der Waals surface area contributed by atoms with Crippen molar-refractivity contribution in [3.8, 4) is 22.4 Å². The Labute approximate surface area is 299 Å². The minimum absolute atomic E-state index is 0. The van der Waals surface area contributed by atoms with Crippen LogP contribution in [0.25, 0.3) is 38.9 Å². The van der Waals surface area contributed by atoms with E-state index in [1.54, 1.807) is 18.2 Å². The van der Waals surface area contributed by atoms with E-state index in [0.29, 0.717) is 16.8 Å². The minimum Gasteiger partial charge on any atom is -0.811 e. The van der Waals surface area contributed by atoms with Crippen molar-refractivity contribution in [1.82, 2.24) is 4.98 Å². The monoisotopic (exact) mass is 785 g/mol. The molecule has 6 rings (SSSR count). The number of hydrogen-bond donors (Lipinski definition) is 0.